The first-order valence-corrected chi connectivity index (χ1v) is 13.2. The summed E-state index contributed by atoms with van der Waals surface area (Å²) in [5.74, 6) is 1.20. The molecule has 7 nitrogen and oxygen atoms in total. The Morgan fingerprint density at radius 2 is 1.37 bits per heavy atom. The van der Waals surface area contributed by atoms with Gasteiger partial charge in [-0.25, -0.2) is 21.6 Å². The van der Waals surface area contributed by atoms with Crippen LogP contribution in [0.15, 0.2) is 52.3 Å². The number of sulfone groups is 1. The quantitative estimate of drug-likeness (QED) is 0.555. The lowest BCUT2D eigenvalue weighted by Gasteiger charge is -2.18. The van der Waals surface area contributed by atoms with Crippen LogP contribution in [-0.4, -0.2) is 36.3 Å². The van der Waals surface area contributed by atoms with E-state index in [9.17, 15) is 16.8 Å². The largest absolute Gasteiger partial charge is 0.490 e. The van der Waals surface area contributed by atoms with Crippen LogP contribution in [0, 0.1) is 0 Å². The van der Waals surface area contributed by atoms with Crippen LogP contribution in [0.4, 0.5) is 0 Å². The maximum atomic E-state index is 12.7. The van der Waals surface area contributed by atoms with Crippen molar-refractivity contribution in [3.63, 3.8) is 0 Å². The first-order chi connectivity index (χ1) is 14.1. The molecule has 2 rings (SSSR count). The fourth-order valence-corrected chi connectivity index (χ4v) is 4.55. The zero-order valence-corrected chi connectivity index (χ0v) is 19.3. The number of rotatable bonds is 11. The highest BCUT2D eigenvalue weighted by Gasteiger charge is 2.20. The van der Waals surface area contributed by atoms with E-state index in [1.807, 2.05) is 13.8 Å². The summed E-state index contributed by atoms with van der Waals surface area (Å²) in [6, 6.07) is 9.95. The topological polar surface area (TPSA) is 98.8 Å². The highest BCUT2D eigenvalue weighted by atomic mass is 32.2. The predicted octanol–water partition coefficient (Wildman–Crippen LogP) is 3.71. The molecule has 9 heteroatoms. The second-order valence-corrected chi connectivity index (χ2v) is 10.7. The van der Waals surface area contributed by atoms with Gasteiger partial charge < -0.3 is 9.47 Å². The lowest BCUT2D eigenvalue weighted by atomic mass is 10.1. The summed E-state index contributed by atoms with van der Waals surface area (Å²) in [4.78, 5) is 0.0574. The molecule has 0 aliphatic heterocycles. The highest BCUT2D eigenvalue weighted by molar-refractivity contribution is 7.90. The number of nitrogens with one attached hydrogen (secondary N) is 1. The van der Waals surface area contributed by atoms with Gasteiger partial charge in [0.25, 0.3) is 0 Å². The van der Waals surface area contributed by atoms with Crippen LogP contribution < -0.4 is 14.2 Å². The SMILES string of the molecule is CCCOc1ccc(C(C)NS(=O)(=O)c2ccc(S(C)(=O)=O)cc2)cc1OCCC. The Bertz CT molecular complexity index is 1050. The smallest absolute Gasteiger partial charge is 0.241 e. The summed E-state index contributed by atoms with van der Waals surface area (Å²) >= 11 is 0. The Labute approximate surface area is 179 Å². The summed E-state index contributed by atoms with van der Waals surface area (Å²) in [5.41, 5.74) is 0.723. The molecule has 0 amide bonds. The van der Waals surface area contributed by atoms with Gasteiger partial charge in [-0.2, -0.15) is 0 Å². The third kappa shape index (κ3) is 6.45. The Hall–Kier alpha value is -2.10. The van der Waals surface area contributed by atoms with Gasteiger partial charge in [-0.3, -0.25) is 0 Å². The zero-order valence-electron chi connectivity index (χ0n) is 17.7. The van der Waals surface area contributed by atoms with Gasteiger partial charge in [-0.1, -0.05) is 19.9 Å². The van der Waals surface area contributed by atoms with Crippen LogP contribution >= 0.6 is 0 Å². The first kappa shape index (κ1) is 24.2. The van der Waals surface area contributed by atoms with Crippen LogP contribution in [0.1, 0.15) is 45.2 Å². The second-order valence-electron chi connectivity index (χ2n) is 6.99. The van der Waals surface area contributed by atoms with Crippen LogP contribution in [0.3, 0.4) is 0 Å². The molecule has 0 bridgehead atoms. The average molecular weight is 456 g/mol. The number of sulfonamides is 1. The molecule has 1 unspecified atom stereocenters. The van der Waals surface area contributed by atoms with Crippen molar-refractivity contribution in [3.8, 4) is 11.5 Å². The van der Waals surface area contributed by atoms with Gasteiger partial charge in [-0.15, -0.1) is 0 Å². The second kappa shape index (κ2) is 10.3. The van der Waals surface area contributed by atoms with Crippen molar-refractivity contribution >= 4 is 19.9 Å². The molecule has 0 saturated carbocycles. The molecule has 30 heavy (non-hydrogen) atoms. The molecule has 0 radical (unpaired) electrons. The number of hydrogen-bond donors (Lipinski definition) is 1. The third-order valence-corrected chi connectivity index (χ3v) is 6.97. The first-order valence-electron chi connectivity index (χ1n) is 9.80. The van der Waals surface area contributed by atoms with E-state index in [0.29, 0.717) is 24.7 Å². The average Bonchev–Trinajstić information content (AvgIpc) is 2.70. The number of benzene rings is 2. The standard InChI is InChI=1S/C21H29NO6S2/c1-5-13-27-20-12-7-17(15-21(20)28-14-6-2)16(3)22-30(25,26)19-10-8-18(9-11-19)29(4,23)24/h7-12,15-16,22H,5-6,13-14H2,1-4H3. The van der Waals surface area contributed by atoms with Gasteiger partial charge >= 0.3 is 0 Å². The summed E-state index contributed by atoms with van der Waals surface area (Å²) in [5, 5.41) is 0. The minimum Gasteiger partial charge on any atom is -0.490 e. The molecule has 1 N–H and O–H groups in total. The Morgan fingerprint density at radius 3 is 1.90 bits per heavy atom. The maximum absolute atomic E-state index is 12.7. The van der Waals surface area contributed by atoms with Gasteiger partial charge in [0.05, 0.1) is 23.0 Å². The molecule has 0 saturated heterocycles. The normalized spacial score (nSPS) is 13.1. The van der Waals surface area contributed by atoms with Crippen molar-refractivity contribution < 1.29 is 26.3 Å². The van der Waals surface area contributed by atoms with Crippen molar-refractivity contribution in [2.24, 2.45) is 0 Å². The highest BCUT2D eigenvalue weighted by Crippen LogP contribution is 2.31. The molecular formula is C21H29NO6S2. The summed E-state index contributed by atoms with van der Waals surface area (Å²) < 4.78 is 62.7. The van der Waals surface area contributed by atoms with Gasteiger partial charge in [0, 0.05) is 12.3 Å². The molecule has 0 fully saturated rings. The van der Waals surface area contributed by atoms with E-state index in [4.69, 9.17) is 9.47 Å². The Balaban J connectivity index is 2.23. The molecular weight excluding hydrogens is 426 g/mol. The minimum absolute atomic E-state index is 0.00731. The fourth-order valence-electron chi connectivity index (χ4n) is 2.68. The predicted molar refractivity (Wildman–Crippen MR) is 116 cm³/mol. The monoisotopic (exact) mass is 455 g/mol. The zero-order chi connectivity index (χ0) is 22.4. The summed E-state index contributed by atoms with van der Waals surface area (Å²) in [7, 11) is -7.24. The van der Waals surface area contributed by atoms with E-state index < -0.39 is 25.9 Å². The van der Waals surface area contributed by atoms with Crippen LogP contribution in [0.2, 0.25) is 0 Å². The fraction of sp³-hybridized carbons (Fsp3) is 0.429. The maximum Gasteiger partial charge on any atom is 0.241 e. The third-order valence-electron chi connectivity index (χ3n) is 4.29. The molecule has 0 aliphatic rings. The van der Waals surface area contributed by atoms with Crippen LogP contribution in [0.25, 0.3) is 0 Å². The van der Waals surface area contributed by atoms with E-state index in [1.54, 1.807) is 25.1 Å². The van der Waals surface area contributed by atoms with Crippen LogP contribution in [0.5, 0.6) is 11.5 Å². The molecule has 0 spiro atoms. The number of hydrogen-bond acceptors (Lipinski definition) is 6. The van der Waals surface area contributed by atoms with Gasteiger partial charge in [-0.05, 0) is 61.7 Å². The molecule has 2 aromatic carbocycles. The van der Waals surface area contributed by atoms with Gasteiger partial charge in [0.1, 0.15) is 0 Å². The molecule has 166 valence electrons. The van der Waals surface area contributed by atoms with Crippen molar-refractivity contribution in [2.45, 2.75) is 49.4 Å². The lowest BCUT2D eigenvalue weighted by molar-refractivity contribution is 0.268. The molecule has 0 aromatic heterocycles. The Kier molecular flexibility index (Phi) is 8.28. The van der Waals surface area contributed by atoms with E-state index in [-0.39, 0.29) is 9.79 Å². The van der Waals surface area contributed by atoms with Gasteiger partial charge in [0.2, 0.25) is 10.0 Å². The Morgan fingerprint density at radius 1 is 0.833 bits per heavy atom. The van der Waals surface area contributed by atoms with E-state index in [0.717, 1.165) is 24.7 Å². The lowest BCUT2D eigenvalue weighted by Crippen LogP contribution is -2.27. The molecule has 0 heterocycles. The van der Waals surface area contributed by atoms with Crippen molar-refractivity contribution in [1.82, 2.24) is 4.72 Å². The van der Waals surface area contributed by atoms with E-state index in [1.165, 1.54) is 24.3 Å². The minimum atomic E-state index is -3.84. The van der Waals surface area contributed by atoms with Crippen molar-refractivity contribution in [1.29, 1.82) is 0 Å². The summed E-state index contributed by atoms with van der Waals surface area (Å²) in [6.45, 7) is 6.84. The van der Waals surface area contributed by atoms with Crippen LogP contribution in [-0.2, 0) is 19.9 Å². The molecule has 1 atom stereocenters. The summed E-state index contributed by atoms with van der Waals surface area (Å²) in [6.07, 6.45) is 2.77. The van der Waals surface area contributed by atoms with E-state index >= 15 is 0 Å². The van der Waals surface area contributed by atoms with Crippen molar-refractivity contribution in [2.75, 3.05) is 19.5 Å². The van der Waals surface area contributed by atoms with Crippen molar-refractivity contribution in [3.05, 3.63) is 48.0 Å². The van der Waals surface area contributed by atoms with E-state index in [2.05, 4.69) is 4.72 Å². The number of ether oxygens (including phenoxy) is 2. The molecule has 0 aliphatic carbocycles. The van der Waals surface area contributed by atoms with Gasteiger partial charge in [0.15, 0.2) is 21.3 Å². The molecule has 2 aromatic rings.